The zero-order valence-electron chi connectivity index (χ0n) is 14.9. The van der Waals surface area contributed by atoms with Gasteiger partial charge in [0.1, 0.15) is 5.75 Å². The molecule has 140 valence electrons. The molecule has 25 heavy (non-hydrogen) atoms. The van der Waals surface area contributed by atoms with E-state index in [0.29, 0.717) is 12.5 Å². The van der Waals surface area contributed by atoms with Crippen molar-refractivity contribution in [3.8, 4) is 5.75 Å². The third-order valence-corrected chi connectivity index (χ3v) is 4.94. The highest BCUT2D eigenvalue weighted by molar-refractivity contribution is 5.93. The zero-order chi connectivity index (χ0) is 16.8. The molecule has 0 aromatic heterocycles. The molecule has 0 bridgehead atoms. The number of benzene rings is 1. The highest BCUT2D eigenvalue weighted by Gasteiger charge is 2.21. The maximum atomic E-state index is 12.4. The summed E-state index contributed by atoms with van der Waals surface area (Å²) in [6.07, 6.45) is 4.14. The van der Waals surface area contributed by atoms with Gasteiger partial charge in [-0.25, -0.2) is 0 Å². The van der Waals surface area contributed by atoms with Crippen LogP contribution in [0.3, 0.4) is 0 Å². The van der Waals surface area contributed by atoms with Gasteiger partial charge in [-0.2, -0.15) is 0 Å². The number of carbonyl (C=O) groups excluding carboxylic acids is 1. The van der Waals surface area contributed by atoms with E-state index >= 15 is 0 Å². The van der Waals surface area contributed by atoms with E-state index in [4.69, 9.17) is 9.47 Å². The number of ether oxygens (including phenoxy) is 2. The number of aryl methyl sites for hydroxylation is 1. The van der Waals surface area contributed by atoms with Gasteiger partial charge in [0, 0.05) is 31.5 Å². The number of halogens is 1. The van der Waals surface area contributed by atoms with Crippen LogP contribution in [0.4, 0.5) is 5.69 Å². The Morgan fingerprint density at radius 3 is 2.84 bits per heavy atom. The molecule has 0 radical (unpaired) electrons. The molecule has 2 aliphatic rings. The molecule has 1 aromatic rings. The summed E-state index contributed by atoms with van der Waals surface area (Å²) < 4.78 is 11.4. The van der Waals surface area contributed by atoms with E-state index in [9.17, 15) is 4.79 Å². The summed E-state index contributed by atoms with van der Waals surface area (Å²) in [5.74, 6) is 1.58. The van der Waals surface area contributed by atoms with Crippen LogP contribution in [0.1, 0.15) is 31.2 Å². The third-order valence-electron chi connectivity index (χ3n) is 4.94. The molecule has 1 unspecified atom stereocenters. The predicted molar refractivity (Wildman–Crippen MR) is 102 cm³/mol. The summed E-state index contributed by atoms with van der Waals surface area (Å²) in [4.78, 5) is 12.4. The highest BCUT2D eigenvalue weighted by atomic mass is 35.5. The molecule has 0 aliphatic carbocycles. The first-order valence-corrected chi connectivity index (χ1v) is 9.05. The smallest absolute Gasteiger partial charge is 0.228 e. The van der Waals surface area contributed by atoms with Crippen LogP contribution in [0, 0.1) is 18.8 Å². The lowest BCUT2D eigenvalue weighted by Crippen LogP contribution is -2.37. The number of piperidine rings is 1. The van der Waals surface area contributed by atoms with Crippen molar-refractivity contribution in [2.75, 3.05) is 38.2 Å². The molecule has 2 heterocycles. The summed E-state index contributed by atoms with van der Waals surface area (Å²) in [5, 5.41) is 6.32. The minimum absolute atomic E-state index is 0. The Balaban J connectivity index is 0.00000225. The topological polar surface area (TPSA) is 59.6 Å². The molecule has 5 nitrogen and oxygen atoms in total. The van der Waals surface area contributed by atoms with Gasteiger partial charge in [-0.15, -0.1) is 12.4 Å². The summed E-state index contributed by atoms with van der Waals surface area (Å²) in [6.45, 7) is 6.20. The maximum Gasteiger partial charge on any atom is 0.228 e. The number of hydrogen-bond donors (Lipinski definition) is 2. The van der Waals surface area contributed by atoms with Crippen LogP contribution in [0.15, 0.2) is 18.2 Å². The first-order valence-electron chi connectivity index (χ1n) is 9.05. The van der Waals surface area contributed by atoms with Crippen molar-refractivity contribution in [2.24, 2.45) is 11.8 Å². The Hall–Kier alpha value is -1.30. The van der Waals surface area contributed by atoms with Crippen molar-refractivity contribution in [1.82, 2.24) is 5.32 Å². The third kappa shape index (κ3) is 5.87. The fraction of sp³-hybridized carbons (Fsp3) is 0.632. The first kappa shape index (κ1) is 20.0. The number of amides is 1. The lowest BCUT2D eigenvalue weighted by atomic mass is 9.99. The lowest BCUT2D eigenvalue weighted by Gasteiger charge is -2.23. The maximum absolute atomic E-state index is 12.4. The average molecular weight is 369 g/mol. The van der Waals surface area contributed by atoms with Crippen LogP contribution in [0.5, 0.6) is 5.75 Å². The van der Waals surface area contributed by atoms with Gasteiger partial charge in [-0.05, 0) is 56.7 Å². The zero-order valence-corrected chi connectivity index (χ0v) is 15.7. The largest absolute Gasteiger partial charge is 0.493 e. The van der Waals surface area contributed by atoms with E-state index in [1.165, 1.54) is 0 Å². The van der Waals surface area contributed by atoms with Crippen molar-refractivity contribution in [3.63, 3.8) is 0 Å². The molecule has 2 saturated heterocycles. The molecule has 2 N–H and O–H groups in total. The van der Waals surface area contributed by atoms with E-state index < -0.39 is 0 Å². The molecule has 1 atom stereocenters. The lowest BCUT2D eigenvalue weighted by molar-refractivity contribution is -0.120. The van der Waals surface area contributed by atoms with Gasteiger partial charge in [-0.3, -0.25) is 4.79 Å². The fourth-order valence-corrected chi connectivity index (χ4v) is 3.27. The Morgan fingerprint density at radius 2 is 2.12 bits per heavy atom. The summed E-state index contributed by atoms with van der Waals surface area (Å²) in [6, 6.07) is 5.90. The van der Waals surface area contributed by atoms with Crippen LogP contribution < -0.4 is 15.4 Å². The number of hydrogen-bond acceptors (Lipinski definition) is 4. The second kappa shape index (κ2) is 10.00. The second-order valence-electron chi connectivity index (χ2n) is 6.88. The number of nitrogens with one attached hydrogen (secondary N) is 2. The van der Waals surface area contributed by atoms with Crippen LogP contribution in [-0.2, 0) is 9.53 Å². The standard InChI is InChI=1S/C19H28N2O3.ClH/c1-14-4-5-17(21-19(22)16-3-2-8-20-12-16)11-18(14)24-13-15-6-9-23-10-7-15;/h4-5,11,15-16,20H,2-3,6-10,12-13H2,1H3,(H,21,22);1H. The molecular weight excluding hydrogens is 340 g/mol. The van der Waals surface area contributed by atoms with Crippen LogP contribution >= 0.6 is 12.4 Å². The van der Waals surface area contributed by atoms with Gasteiger partial charge in [0.15, 0.2) is 0 Å². The van der Waals surface area contributed by atoms with Gasteiger partial charge >= 0.3 is 0 Å². The van der Waals surface area contributed by atoms with Crippen molar-refractivity contribution < 1.29 is 14.3 Å². The molecule has 1 aromatic carbocycles. The highest BCUT2D eigenvalue weighted by Crippen LogP contribution is 2.25. The minimum atomic E-state index is 0. The quantitative estimate of drug-likeness (QED) is 0.838. The molecule has 3 rings (SSSR count). The van der Waals surface area contributed by atoms with Gasteiger partial charge in [0.05, 0.1) is 12.5 Å². The minimum Gasteiger partial charge on any atom is -0.493 e. The van der Waals surface area contributed by atoms with Gasteiger partial charge in [0.2, 0.25) is 5.91 Å². The van der Waals surface area contributed by atoms with E-state index in [2.05, 4.69) is 10.6 Å². The molecule has 2 fully saturated rings. The Labute approximate surface area is 156 Å². The molecule has 2 aliphatic heterocycles. The second-order valence-corrected chi connectivity index (χ2v) is 6.88. The van der Waals surface area contributed by atoms with E-state index in [1.807, 2.05) is 25.1 Å². The van der Waals surface area contributed by atoms with Gasteiger partial charge in [0.25, 0.3) is 0 Å². The molecule has 0 saturated carbocycles. The monoisotopic (exact) mass is 368 g/mol. The molecule has 0 spiro atoms. The van der Waals surface area contributed by atoms with Crippen molar-refractivity contribution in [1.29, 1.82) is 0 Å². The summed E-state index contributed by atoms with van der Waals surface area (Å²) in [7, 11) is 0. The van der Waals surface area contributed by atoms with Gasteiger partial charge < -0.3 is 20.1 Å². The Kier molecular flexibility index (Phi) is 8.00. The summed E-state index contributed by atoms with van der Waals surface area (Å²) in [5.41, 5.74) is 1.91. The Morgan fingerprint density at radius 1 is 1.32 bits per heavy atom. The summed E-state index contributed by atoms with van der Waals surface area (Å²) >= 11 is 0. The fourth-order valence-electron chi connectivity index (χ4n) is 3.27. The van der Waals surface area contributed by atoms with E-state index in [0.717, 1.165) is 69.0 Å². The average Bonchev–Trinajstić information content (AvgIpc) is 2.63. The number of anilines is 1. The van der Waals surface area contributed by atoms with Crippen molar-refractivity contribution in [3.05, 3.63) is 23.8 Å². The van der Waals surface area contributed by atoms with Crippen LogP contribution in [-0.4, -0.2) is 38.8 Å². The van der Waals surface area contributed by atoms with Crippen molar-refractivity contribution in [2.45, 2.75) is 32.6 Å². The normalized spacial score (nSPS) is 21.2. The number of rotatable bonds is 5. The molecular formula is C19H29ClN2O3. The van der Waals surface area contributed by atoms with Crippen molar-refractivity contribution >= 4 is 24.0 Å². The first-order chi connectivity index (χ1) is 11.7. The molecule has 6 heteroatoms. The van der Waals surface area contributed by atoms with Gasteiger partial charge in [-0.1, -0.05) is 6.07 Å². The Bertz CT molecular complexity index is 556. The van der Waals surface area contributed by atoms with Crippen LogP contribution in [0.2, 0.25) is 0 Å². The predicted octanol–water partition coefficient (Wildman–Crippen LogP) is 3.16. The molecule has 1 amide bonds. The number of carbonyl (C=O) groups is 1. The van der Waals surface area contributed by atoms with E-state index in [-0.39, 0.29) is 24.2 Å². The SMILES string of the molecule is Cc1ccc(NC(=O)C2CCCNC2)cc1OCC1CCOCC1.Cl. The van der Waals surface area contributed by atoms with Crippen LogP contribution in [0.25, 0.3) is 0 Å². The van der Waals surface area contributed by atoms with E-state index in [1.54, 1.807) is 0 Å².